The van der Waals surface area contributed by atoms with Crippen LogP contribution in [0.4, 0.5) is 0 Å². The first-order valence-corrected chi connectivity index (χ1v) is 3.83. The van der Waals surface area contributed by atoms with Crippen molar-refractivity contribution in [3.63, 3.8) is 0 Å². The van der Waals surface area contributed by atoms with E-state index in [9.17, 15) is 0 Å². The van der Waals surface area contributed by atoms with E-state index in [1.54, 1.807) is 0 Å². The van der Waals surface area contributed by atoms with Gasteiger partial charge in [-0.15, -0.1) is 0 Å². The molecule has 0 aromatic heterocycles. The van der Waals surface area contributed by atoms with Crippen LogP contribution in [0.2, 0.25) is 0 Å². The van der Waals surface area contributed by atoms with Crippen molar-refractivity contribution in [3.05, 3.63) is 24.0 Å². The molecule has 1 aliphatic rings. The predicted octanol–water partition coefficient (Wildman–Crippen LogP) is 2.42. The Balaban J connectivity index is 2.56. The van der Waals surface area contributed by atoms with Gasteiger partial charge in [-0.05, 0) is 18.8 Å². The molecular formula is C9H15N. The highest BCUT2D eigenvalue weighted by Gasteiger charge is 2.07. The molecule has 1 heteroatoms. The Labute approximate surface area is 62.8 Å². The Bertz CT molecular complexity index is 166. The van der Waals surface area contributed by atoms with Crippen LogP contribution in [0.1, 0.15) is 26.7 Å². The highest BCUT2D eigenvalue weighted by atomic mass is 14.9. The lowest BCUT2D eigenvalue weighted by molar-refractivity contribution is 0.664. The summed E-state index contributed by atoms with van der Waals surface area (Å²) in [5.74, 6) is 0.681. The van der Waals surface area contributed by atoms with Gasteiger partial charge in [0.25, 0.3) is 0 Å². The third-order valence-electron chi connectivity index (χ3n) is 1.92. The maximum absolute atomic E-state index is 3.85. The van der Waals surface area contributed by atoms with E-state index in [2.05, 4.69) is 31.9 Å². The molecule has 0 aromatic rings. The fourth-order valence-electron chi connectivity index (χ4n) is 1.09. The molecule has 0 atom stereocenters. The second-order valence-electron chi connectivity index (χ2n) is 3.12. The standard InChI is InChI=1S/C9H15N/c1-7(2)9-5-4-8(3)10-6-9/h6-7,10H,3-5H2,1-2H3. The van der Waals surface area contributed by atoms with E-state index in [0.29, 0.717) is 5.92 Å². The molecule has 0 radical (unpaired) electrons. The summed E-state index contributed by atoms with van der Waals surface area (Å²) >= 11 is 0. The Kier molecular flexibility index (Phi) is 2.15. The van der Waals surface area contributed by atoms with E-state index in [0.717, 1.165) is 12.1 Å². The number of rotatable bonds is 1. The van der Waals surface area contributed by atoms with Gasteiger partial charge in [0.15, 0.2) is 0 Å². The van der Waals surface area contributed by atoms with Gasteiger partial charge in [-0.3, -0.25) is 0 Å². The van der Waals surface area contributed by atoms with Crippen LogP contribution < -0.4 is 5.32 Å². The van der Waals surface area contributed by atoms with E-state index in [-0.39, 0.29) is 0 Å². The van der Waals surface area contributed by atoms with Crippen LogP contribution in [0.5, 0.6) is 0 Å². The Morgan fingerprint density at radius 1 is 1.50 bits per heavy atom. The largest absolute Gasteiger partial charge is 0.366 e. The number of hydrogen-bond donors (Lipinski definition) is 1. The van der Waals surface area contributed by atoms with E-state index < -0.39 is 0 Å². The second kappa shape index (κ2) is 2.91. The highest BCUT2D eigenvalue weighted by Crippen LogP contribution is 2.20. The molecule has 1 N–H and O–H groups in total. The summed E-state index contributed by atoms with van der Waals surface area (Å²) < 4.78 is 0. The summed E-state index contributed by atoms with van der Waals surface area (Å²) in [6.45, 7) is 8.30. The lowest BCUT2D eigenvalue weighted by atomic mass is 9.97. The van der Waals surface area contributed by atoms with Crippen LogP contribution >= 0.6 is 0 Å². The first-order chi connectivity index (χ1) is 4.70. The lowest BCUT2D eigenvalue weighted by Crippen LogP contribution is -2.13. The zero-order valence-electron chi connectivity index (χ0n) is 6.78. The minimum atomic E-state index is 0.681. The number of allylic oxidation sites excluding steroid dienone is 2. The molecule has 0 amide bonds. The molecule has 0 unspecified atom stereocenters. The smallest absolute Gasteiger partial charge is 0.00765 e. The molecule has 0 saturated heterocycles. The van der Waals surface area contributed by atoms with Crippen LogP contribution in [0.15, 0.2) is 24.0 Å². The third kappa shape index (κ3) is 1.63. The van der Waals surface area contributed by atoms with Gasteiger partial charge >= 0.3 is 0 Å². The van der Waals surface area contributed by atoms with Gasteiger partial charge in [0, 0.05) is 11.9 Å². The fourth-order valence-corrected chi connectivity index (χ4v) is 1.09. The molecule has 1 aliphatic heterocycles. The molecule has 0 bridgehead atoms. The zero-order chi connectivity index (χ0) is 7.56. The monoisotopic (exact) mass is 137 g/mol. The summed E-state index contributed by atoms with van der Waals surface area (Å²) in [7, 11) is 0. The van der Waals surface area contributed by atoms with Gasteiger partial charge in [-0.2, -0.15) is 0 Å². The summed E-state index contributed by atoms with van der Waals surface area (Å²) in [5.41, 5.74) is 2.65. The molecular weight excluding hydrogens is 122 g/mol. The van der Waals surface area contributed by atoms with Crippen LogP contribution in [0, 0.1) is 5.92 Å². The Hall–Kier alpha value is -0.720. The maximum Gasteiger partial charge on any atom is 0.00765 e. The molecule has 0 fully saturated rings. The van der Waals surface area contributed by atoms with Crippen molar-refractivity contribution < 1.29 is 0 Å². The van der Waals surface area contributed by atoms with E-state index in [4.69, 9.17) is 0 Å². The minimum Gasteiger partial charge on any atom is -0.366 e. The summed E-state index contributed by atoms with van der Waals surface area (Å²) in [4.78, 5) is 0. The molecule has 1 heterocycles. The second-order valence-corrected chi connectivity index (χ2v) is 3.12. The molecule has 10 heavy (non-hydrogen) atoms. The molecule has 0 saturated carbocycles. The molecule has 0 aliphatic carbocycles. The molecule has 1 nitrogen and oxygen atoms in total. The van der Waals surface area contributed by atoms with Crippen molar-refractivity contribution >= 4 is 0 Å². The van der Waals surface area contributed by atoms with Gasteiger partial charge in [0.1, 0.15) is 0 Å². The topological polar surface area (TPSA) is 12.0 Å². The van der Waals surface area contributed by atoms with Crippen molar-refractivity contribution in [3.8, 4) is 0 Å². The average Bonchev–Trinajstić information content (AvgIpc) is 1.88. The molecule has 0 aromatic carbocycles. The van der Waals surface area contributed by atoms with Crippen molar-refractivity contribution in [1.82, 2.24) is 5.32 Å². The molecule has 56 valence electrons. The van der Waals surface area contributed by atoms with Gasteiger partial charge in [0.05, 0.1) is 0 Å². The van der Waals surface area contributed by atoms with Gasteiger partial charge < -0.3 is 5.32 Å². The zero-order valence-corrected chi connectivity index (χ0v) is 6.78. The van der Waals surface area contributed by atoms with Crippen LogP contribution in [-0.2, 0) is 0 Å². The molecule has 0 spiro atoms. The van der Waals surface area contributed by atoms with E-state index in [1.807, 2.05) is 0 Å². The maximum atomic E-state index is 3.85. The molecule has 1 rings (SSSR count). The van der Waals surface area contributed by atoms with Gasteiger partial charge in [0.2, 0.25) is 0 Å². The van der Waals surface area contributed by atoms with Crippen LogP contribution in [0.3, 0.4) is 0 Å². The van der Waals surface area contributed by atoms with E-state index >= 15 is 0 Å². The first kappa shape index (κ1) is 7.39. The highest BCUT2D eigenvalue weighted by molar-refractivity contribution is 5.14. The number of nitrogens with one attached hydrogen (secondary N) is 1. The average molecular weight is 137 g/mol. The first-order valence-electron chi connectivity index (χ1n) is 3.83. The van der Waals surface area contributed by atoms with Crippen molar-refractivity contribution in [2.24, 2.45) is 5.92 Å². The normalized spacial score (nSPS) is 18.7. The Morgan fingerprint density at radius 3 is 2.60 bits per heavy atom. The van der Waals surface area contributed by atoms with Gasteiger partial charge in [-0.1, -0.05) is 26.0 Å². The SMILES string of the molecule is C=C1CCC(C(C)C)=CN1. The Morgan fingerprint density at radius 2 is 2.20 bits per heavy atom. The quantitative estimate of drug-likeness (QED) is 0.585. The third-order valence-corrected chi connectivity index (χ3v) is 1.92. The summed E-state index contributed by atoms with van der Waals surface area (Å²) in [6, 6.07) is 0. The minimum absolute atomic E-state index is 0.681. The van der Waals surface area contributed by atoms with Crippen LogP contribution in [0.25, 0.3) is 0 Å². The van der Waals surface area contributed by atoms with Crippen molar-refractivity contribution in [2.45, 2.75) is 26.7 Å². The van der Waals surface area contributed by atoms with Crippen molar-refractivity contribution in [2.75, 3.05) is 0 Å². The summed E-state index contributed by atoms with van der Waals surface area (Å²) in [5, 5.41) is 3.16. The predicted molar refractivity (Wildman–Crippen MR) is 44.4 cm³/mol. The van der Waals surface area contributed by atoms with Crippen LogP contribution in [-0.4, -0.2) is 0 Å². The lowest BCUT2D eigenvalue weighted by Gasteiger charge is -2.18. The fraction of sp³-hybridized carbons (Fsp3) is 0.556. The number of hydrogen-bond acceptors (Lipinski definition) is 1. The van der Waals surface area contributed by atoms with Crippen molar-refractivity contribution in [1.29, 1.82) is 0 Å². The van der Waals surface area contributed by atoms with Gasteiger partial charge in [-0.25, -0.2) is 0 Å². The van der Waals surface area contributed by atoms with E-state index in [1.165, 1.54) is 12.0 Å². The summed E-state index contributed by atoms with van der Waals surface area (Å²) in [6.07, 6.45) is 4.38.